The van der Waals surface area contributed by atoms with Gasteiger partial charge in [-0.1, -0.05) is 0 Å². The number of aryl methyl sites for hydroxylation is 1. The van der Waals surface area contributed by atoms with Crippen molar-refractivity contribution >= 4 is 10.9 Å². The highest BCUT2D eigenvalue weighted by atomic mass is 19.1. The summed E-state index contributed by atoms with van der Waals surface area (Å²) in [6.45, 7) is 1.61. The Morgan fingerprint density at radius 2 is 1.80 bits per heavy atom. The van der Waals surface area contributed by atoms with Crippen LogP contribution in [0.1, 0.15) is 5.89 Å². The van der Waals surface area contributed by atoms with Crippen LogP contribution in [0.25, 0.3) is 10.9 Å². The minimum absolute atomic E-state index is 0.315. The fourth-order valence-electron chi connectivity index (χ4n) is 1.86. The Morgan fingerprint density at radius 1 is 1.10 bits per heavy atom. The van der Waals surface area contributed by atoms with Crippen molar-refractivity contribution in [3.05, 3.63) is 64.6 Å². The van der Waals surface area contributed by atoms with Crippen LogP contribution in [0.2, 0.25) is 0 Å². The summed E-state index contributed by atoms with van der Waals surface area (Å²) in [4.78, 5) is 15.9. The van der Waals surface area contributed by atoms with Crippen LogP contribution < -0.4 is 10.4 Å². The molecule has 0 unspecified atom stereocenters. The molecule has 0 amide bonds. The van der Waals surface area contributed by atoms with Gasteiger partial charge >= 0.3 is 5.63 Å². The van der Waals surface area contributed by atoms with Crippen molar-refractivity contribution < 1.29 is 13.5 Å². The molecule has 100 valence electrons. The summed E-state index contributed by atoms with van der Waals surface area (Å²) in [5.74, 6) is 0.920. The van der Waals surface area contributed by atoms with E-state index in [2.05, 4.69) is 4.98 Å². The second-order valence-corrected chi connectivity index (χ2v) is 4.26. The SMILES string of the molecule is Cc1nc2ccc(Oc3ccc(F)cc3)cc2c(=O)o1. The van der Waals surface area contributed by atoms with Crippen molar-refractivity contribution in [3.8, 4) is 11.5 Å². The van der Waals surface area contributed by atoms with E-state index < -0.39 is 5.63 Å². The second-order valence-electron chi connectivity index (χ2n) is 4.26. The number of ether oxygens (including phenoxy) is 1. The maximum absolute atomic E-state index is 12.8. The number of rotatable bonds is 2. The molecule has 2 aromatic carbocycles. The molecule has 4 nitrogen and oxygen atoms in total. The lowest BCUT2D eigenvalue weighted by atomic mass is 10.2. The van der Waals surface area contributed by atoms with Crippen molar-refractivity contribution in [1.29, 1.82) is 0 Å². The quantitative estimate of drug-likeness (QED) is 0.716. The molecule has 0 atom stereocenters. The largest absolute Gasteiger partial charge is 0.457 e. The second kappa shape index (κ2) is 4.77. The van der Waals surface area contributed by atoms with Crippen LogP contribution in [-0.4, -0.2) is 4.98 Å². The zero-order valence-electron chi connectivity index (χ0n) is 10.6. The fraction of sp³-hybridized carbons (Fsp3) is 0.0667. The molecule has 0 radical (unpaired) electrons. The standard InChI is InChI=1S/C15H10FNO3/c1-9-17-14-7-6-12(8-13(14)15(18)19-9)20-11-4-2-10(16)3-5-11/h2-8H,1H3. The third kappa shape index (κ3) is 2.38. The molecule has 5 heteroatoms. The van der Waals surface area contributed by atoms with E-state index in [-0.39, 0.29) is 5.82 Å². The highest BCUT2D eigenvalue weighted by molar-refractivity contribution is 5.78. The molecule has 20 heavy (non-hydrogen) atoms. The average molecular weight is 271 g/mol. The summed E-state index contributed by atoms with van der Waals surface area (Å²) in [7, 11) is 0. The molecule has 1 heterocycles. The van der Waals surface area contributed by atoms with E-state index in [1.807, 2.05) is 0 Å². The normalized spacial score (nSPS) is 10.7. The van der Waals surface area contributed by atoms with Crippen LogP contribution in [0.5, 0.6) is 11.5 Å². The molecule has 0 saturated carbocycles. The van der Waals surface area contributed by atoms with Crippen LogP contribution in [0.15, 0.2) is 51.7 Å². The van der Waals surface area contributed by atoms with Gasteiger partial charge in [-0.05, 0) is 42.5 Å². The van der Waals surface area contributed by atoms with Crippen molar-refractivity contribution in [3.63, 3.8) is 0 Å². The highest BCUT2D eigenvalue weighted by Gasteiger charge is 2.06. The number of nitrogens with zero attached hydrogens (tertiary/aromatic N) is 1. The van der Waals surface area contributed by atoms with E-state index in [9.17, 15) is 9.18 Å². The molecule has 0 N–H and O–H groups in total. The van der Waals surface area contributed by atoms with Crippen molar-refractivity contribution in [2.45, 2.75) is 6.92 Å². The third-order valence-corrected chi connectivity index (χ3v) is 2.76. The smallest absolute Gasteiger partial charge is 0.346 e. The number of benzene rings is 2. The maximum Gasteiger partial charge on any atom is 0.346 e. The van der Waals surface area contributed by atoms with Gasteiger partial charge in [0.15, 0.2) is 5.89 Å². The summed E-state index contributed by atoms with van der Waals surface area (Å²) >= 11 is 0. The van der Waals surface area contributed by atoms with Gasteiger partial charge in [0.25, 0.3) is 0 Å². The Morgan fingerprint density at radius 3 is 2.55 bits per heavy atom. The van der Waals surface area contributed by atoms with Gasteiger partial charge in [-0.2, -0.15) is 0 Å². The van der Waals surface area contributed by atoms with Gasteiger partial charge in [-0.25, -0.2) is 14.2 Å². The monoisotopic (exact) mass is 271 g/mol. The lowest BCUT2D eigenvalue weighted by molar-refractivity contribution is 0.464. The minimum atomic E-state index is -0.461. The number of fused-ring (bicyclic) bond motifs is 1. The van der Waals surface area contributed by atoms with E-state index in [0.717, 1.165) is 0 Å². The topological polar surface area (TPSA) is 52.3 Å². The van der Waals surface area contributed by atoms with Crippen LogP contribution in [0.3, 0.4) is 0 Å². The molecule has 0 aliphatic carbocycles. The molecule has 0 fully saturated rings. The van der Waals surface area contributed by atoms with Gasteiger partial charge in [-0.3, -0.25) is 0 Å². The Bertz CT molecular complexity index is 825. The van der Waals surface area contributed by atoms with E-state index in [0.29, 0.717) is 28.3 Å². The van der Waals surface area contributed by atoms with Gasteiger partial charge < -0.3 is 9.15 Å². The molecule has 0 aliphatic rings. The zero-order chi connectivity index (χ0) is 14.1. The first-order valence-electron chi connectivity index (χ1n) is 5.97. The molecular formula is C15H10FNO3. The number of halogens is 1. The number of hydrogen-bond donors (Lipinski definition) is 0. The van der Waals surface area contributed by atoms with Crippen LogP contribution in [0, 0.1) is 12.7 Å². The van der Waals surface area contributed by atoms with Crippen LogP contribution >= 0.6 is 0 Å². The lowest BCUT2D eigenvalue weighted by Gasteiger charge is -2.06. The molecule has 1 aromatic heterocycles. The summed E-state index contributed by atoms with van der Waals surface area (Å²) in [5.41, 5.74) is 0.0854. The summed E-state index contributed by atoms with van der Waals surface area (Å²) in [6, 6.07) is 10.5. The lowest BCUT2D eigenvalue weighted by Crippen LogP contribution is -2.02. The number of aromatic nitrogens is 1. The molecule has 0 saturated heterocycles. The van der Waals surface area contributed by atoms with E-state index in [4.69, 9.17) is 9.15 Å². The number of hydrogen-bond acceptors (Lipinski definition) is 4. The summed E-state index contributed by atoms with van der Waals surface area (Å²) in [5, 5.41) is 0.343. The van der Waals surface area contributed by atoms with Crippen LogP contribution in [-0.2, 0) is 0 Å². The Kier molecular flexibility index (Phi) is 2.95. The van der Waals surface area contributed by atoms with Crippen LogP contribution in [0.4, 0.5) is 4.39 Å². The van der Waals surface area contributed by atoms with Crippen molar-refractivity contribution in [1.82, 2.24) is 4.98 Å². The minimum Gasteiger partial charge on any atom is -0.457 e. The molecule has 0 spiro atoms. The molecule has 3 rings (SSSR count). The molecule has 3 aromatic rings. The average Bonchev–Trinajstić information content (AvgIpc) is 2.42. The van der Waals surface area contributed by atoms with Gasteiger partial charge in [0.1, 0.15) is 17.3 Å². The summed E-state index contributed by atoms with van der Waals surface area (Å²) < 4.78 is 23.3. The molecule has 0 aliphatic heterocycles. The van der Waals surface area contributed by atoms with Crippen molar-refractivity contribution in [2.24, 2.45) is 0 Å². The van der Waals surface area contributed by atoms with E-state index >= 15 is 0 Å². The maximum atomic E-state index is 12.8. The first-order valence-corrected chi connectivity index (χ1v) is 5.97. The van der Waals surface area contributed by atoms with E-state index in [1.165, 1.54) is 24.3 Å². The first kappa shape index (κ1) is 12.3. The first-order chi connectivity index (χ1) is 9.61. The Balaban J connectivity index is 2.01. The van der Waals surface area contributed by atoms with Gasteiger partial charge in [0.2, 0.25) is 0 Å². The Hall–Kier alpha value is -2.69. The highest BCUT2D eigenvalue weighted by Crippen LogP contribution is 2.23. The summed E-state index contributed by atoms with van der Waals surface area (Å²) in [6.07, 6.45) is 0. The van der Waals surface area contributed by atoms with Gasteiger partial charge in [-0.15, -0.1) is 0 Å². The fourth-order valence-corrected chi connectivity index (χ4v) is 1.86. The predicted octanol–water partition coefficient (Wildman–Crippen LogP) is 3.43. The van der Waals surface area contributed by atoms with E-state index in [1.54, 1.807) is 25.1 Å². The molecular weight excluding hydrogens is 261 g/mol. The predicted molar refractivity (Wildman–Crippen MR) is 71.5 cm³/mol. The molecule has 0 bridgehead atoms. The zero-order valence-corrected chi connectivity index (χ0v) is 10.6. The third-order valence-electron chi connectivity index (χ3n) is 2.76. The van der Waals surface area contributed by atoms with Gasteiger partial charge in [0.05, 0.1) is 10.9 Å². The van der Waals surface area contributed by atoms with Crippen molar-refractivity contribution in [2.75, 3.05) is 0 Å². The Labute approximate surface area is 113 Å². The van der Waals surface area contributed by atoms with Gasteiger partial charge in [0, 0.05) is 6.92 Å².